The van der Waals surface area contributed by atoms with Crippen molar-refractivity contribution in [3.63, 3.8) is 0 Å². The Bertz CT molecular complexity index is 1040. The summed E-state index contributed by atoms with van der Waals surface area (Å²) in [4.78, 5) is 28.3. The van der Waals surface area contributed by atoms with E-state index in [0.717, 1.165) is 25.9 Å². The van der Waals surface area contributed by atoms with E-state index >= 15 is 0 Å². The highest BCUT2D eigenvalue weighted by atomic mass is 35.5. The van der Waals surface area contributed by atoms with Crippen LogP contribution in [0.5, 0.6) is 0 Å². The monoisotopic (exact) mass is 454 g/mol. The van der Waals surface area contributed by atoms with Crippen LogP contribution in [-0.2, 0) is 11.3 Å². The van der Waals surface area contributed by atoms with Crippen molar-refractivity contribution < 1.29 is 9.59 Å². The van der Waals surface area contributed by atoms with Crippen molar-refractivity contribution >= 4 is 41.4 Å². The number of nitrogens with one attached hydrogen (secondary N) is 1. The number of amides is 1. The zero-order valence-electron chi connectivity index (χ0n) is 17.0. The third-order valence-corrected chi connectivity index (χ3v) is 5.75. The van der Waals surface area contributed by atoms with Crippen LogP contribution in [0.2, 0.25) is 5.02 Å². The summed E-state index contributed by atoms with van der Waals surface area (Å²) < 4.78 is 0. The number of hydrogen-bond donors (Lipinski definition) is 1. The Morgan fingerprint density at radius 2 is 1.61 bits per heavy atom. The van der Waals surface area contributed by atoms with E-state index in [-0.39, 0.29) is 30.1 Å². The number of benzene rings is 3. The molecule has 4 nitrogen and oxygen atoms in total. The number of ketones is 1. The molecule has 0 unspecified atom stereocenters. The van der Waals surface area contributed by atoms with Gasteiger partial charge in [-0.1, -0.05) is 78.3 Å². The largest absolute Gasteiger partial charge is 0.323 e. The van der Waals surface area contributed by atoms with Crippen LogP contribution in [0.1, 0.15) is 34.3 Å². The van der Waals surface area contributed by atoms with Crippen molar-refractivity contribution in [2.24, 2.45) is 0 Å². The Balaban J connectivity index is 0.00000272. The number of nitrogens with zero attached hydrogens (tertiary/aromatic N) is 1. The lowest BCUT2D eigenvalue weighted by molar-refractivity contribution is -0.120. The second kappa shape index (κ2) is 10.6. The van der Waals surface area contributed by atoms with Gasteiger partial charge in [-0.3, -0.25) is 14.5 Å². The van der Waals surface area contributed by atoms with Crippen LogP contribution < -0.4 is 5.32 Å². The molecular formula is C25H24Cl2N2O2. The van der Waals surface area contributed by atoms with Crippen LogP contribution >= 0.6 is 24.0 Å². The molecule has 31 heavy (non-hydrogen) atoms. The van der Waals surface area contributed by atoms with Crippen LogP contribution in [-0.4, -0.2) is 29.2 Å². The predicted molar refractivity (Wildman–Crippen MR) is 127 cm³/mol. The fraction of sp³-hybridized carbons (Fsp3) is 0.200. The molecule has 0 bridgehead atoms. The topological polar surface area (TPSA) is 49.4 Å². The average Bonchev–Trinajstić information content (AvgIpc) is 3.24. The first-order valence-electron chi connectivity index (χ1n) is 10.1. The van der Waals surface area contributed by atoms with Gasteiger partial charge in [-0.15, -0.1) is 12.4 Å². The Hall–Kier alpha value is -2.66. The lowest BCUT2D eigenvalue weighted by atomic mass is 10.0. The third kappa shape index (κ3) is 5.34. The minimum absolute atomic E-state index is 0. The highest BCUT2D eigenvalue weighted by Crippen LogP contribution is 2.30. The molecule has 6 heteroatoms. The van der Waals surface area contributed by atoms with Crippen molar-refractivity contribution in [3.05, 3.63) is 101 Å². The normalized spacial score (nSPS) is 15.8. The van der Waals surface area contributed by atoms with E-state index in [1.807, 2.05) is 36.4 Å². The molecule has 0 spiro atoms. The molecule has 160 valence electrons. The van der Waals surface area contributed by atoms with Gasteiger partial charge in [0.25, 0.3) is 0 Å². The maximum absolute atomic E-state index is 13.2. The Morgan fingerprint density at radius 1 is 0.935 bits per heavy atom. The Kier molecular flexibility index (Phi) is 7.85. The van der Waals surface area contributed by atoms with Crippen LogP contribution in [0.3, 0.4) is 0 Å². The minimum Gasteiger partial charge on any atom is -0.323 e. The first-order chi connectivity index (χ1) is 14.6. The number of carbonyl (C=O) groups is 2. The van der Waals surface area contributed by atoms with Gasteiger partial charge in [0.15, 0.2) is 5.78 Å². The molecule has 0 saturated carbocycles. The van der Waals surface area contributed by atoms with Crippen LogP contribution in [0.4, 0.5) is 5.69 Å². The number of rotatable bonds is 6. The van der Waals surface area contributed by atoms with E-state index in [9.17, 15) is 9.59 Å². The zero-order chi connectivity index (χ0) is 20.9. The van der Waals surface area contributed by atoms with Gasteiger partial charge in [0.05, 0.1) is 16.8 Å². The molecule has 1 saturated heterocycles. The van der Waals surface area contributed by atoms with Gasteiger partial charge in [-0.25, -0.2) is 0 Å². The maximum Gasteiger partial charge on any atom is 0.241 e. The van der Waals surface area contributed by atoms with E-state index in [1.165, 1.54) is 5.56 Å². The summed E-state index contributed by atoms with van der Waals surface area (Å²) in [6.07, 6.45) is 1.74. The second-order valence-corrected chi connectivity index (χ2v) is 7.87. The molecule has 1 heterocycles. The number of anilines is 1. The van der Waals surface area contributed by atoms with Crippen LogP contribution in [0, 0.1) is 0 Å². The van der Waals surface area contributed by atoms with Crippen LogP contribution in [0.15, 0.2) is 78.9 Å². The highest BCUT2D eigenvalue weighted by molar-refractivity contribution is 6.35. The van der Waals surface area contributed by atoms with E-state index < -0.39 is 0 Å². The number of halogens is 2. The average molecular weight is 455 g/mol. The fourth-order valence-electron chi connectivity index (χ4n) is 3.92. The fourth-order valence-corrected chi connectivity index (χ4v) is 4.14. The molecule has 0 aromatic heterocycles. The first kappa shape index (κ1) is 23.0. The van der Waals surface area contributed by atoms with Gasteiger partial charge in [-0.2, -0.15) is 0 Å². The standard InChI is InChI=1S/C25H23ClN2O2.ClH/c26-21-14-7-13-20(24(29)19-11-5-2-6-12-19)23(21)27-25(30)22-15-8-16-28(22)17-18-9-3-1-4-10-18;/h1-7,9-14,22H,8,15-17H2,(H,27,30);1H/t22-;/m1./s1. The molecule has 1 atom stereocenters. The number of carbonyl (C=O) groups excluding carboxylic acids is 2. The summed E-state index contributed by atoms with van der Waals surface area (Å²) in [5.74, 6) is -0.292. The van der Waals surface area contributed by atoms with Gasteiger partial charge in [0.1, 0.15) is 0 Å². The van der Waals surface area contributed by atoms with E-state index in [2.05, 4.69) is 22.3 Å². The highest BCUT2D eigenvalue weighted by Gasteiger charge is 2.31. The molecule has 1 aliphatic heterocycles. The number of hydrogen-bond acceptors (Lipinski definition) is 3. The number of likely N-dealkylation sites (tertiary alicyclic amines) is 1. The molecule has 3 aromatic carbocycles. The van der Waals surface area contributed by atoms with Gasteiger partial charge in [0.2, 0.25) is 5.91 Å². The summed E-state index contributed by atoms with van der Waals surface area (Å²) in [5, 5.41) is 3.31. The van der Waals surface area contributed by atoms with E-state index in [0.29, 0.717) is 21.8 Å². The van der Waals surface area contributed by atoms with E-state index in [1.54, 1.807) is 30.3 Å². The summed E-state index contributed by atoms with van der Waals surface area (Å²) in [6.45, 7) is 1.59. The van der Waals surface area contributed by atoms with Crippen molar-refractivity contribution in [1.82, 2.24) is 4.90 Å². The SMILES string of the molecule is Cl.O=C(c1ccccc1)c1cccc(Cl)c1NC(=O)[C@H]1CCCN1Cc1ccccc1. The smallest absolute Gasteiger partial charge is 0.241 e. The molecule has 0 aliphatic carbocycles. The molecule has 1 fully saturated rings. The molecule has 3 aromatic rings. The molecular weight excluding hydrogens is 431 g/mol. The van der Waals surface area contributed by atoms with Crippen molar-refractivity contribution in [1.29, 1.82) is 0 Å². The minimum atomic E-state index is -0.249. The lowest BCUT2D eigenvalue weighted by Crippen LogP contribution is -2.39. The third-order valence-electron chi connectivity index (χ3n) is 5.44. The van der Waals surface area contributed by atoms with Gasteiger partial charge in [0, 0.05) is 17.7 Å². The first-order valence-corrected chi connectivity index (χ1v) is 10.5. The predicted octanol–water partition coefficient (Wildman–Crippen LogP) is 5.60. The zero-order valence-corrected chi connectivity index (χ0v) is 18.5. The Morgan fingerprint density at radius 3 is 2.32 bits per heavy atom. The summed E-state index contributed by atoms with van der Waals surface area (Å²) in [7, 11) is 0. The quantitative estimate of drug-likeness (QED) is 0.493. The molecule has 1 amide bonds. The molecule has 1 N–H and O–H groups in total. The Labute approximate surface area is 193 Å². The van der Waals surface area contributed by atoms with Crippen molar-refractivity contribution in [2.75, 3.05) is 11.9 Å². The molecule has 4 rings (SSSR count). The second-order valence-electron chi connectivity index (χ2n) is 7.46. The van der Waals surface area contributed by atoms with Crippen LogP contribution in [0.25, 0.3) is 0 Å². The summed E-state index contributed by atoms with van der Waals surface area (Å²) in [5.41, 5.74) is 2.51. The summed E-state index contributed by atoms with van der Waals surface area (Å²) in [6, 6.07) is 24.0. The lowest BCUT2D eigenvalue weighted by Gasteiger charge is -2.24. The summed E-state index contributed by atoms with van der Waals surface area (Å²) >= 11 is 6.40. The number of para-hydroxylation sites is 1. The van der Waals surface area contributed by atoms with Crippen molar-refractivity contribution in [3.8, 4) is 0 Å². The van der Waals surface area contributed by atoms with Gasteiger partial charge >= 0.3 is 0 Å². The molecule has 1 aliphatic rings. The van der Waals surface area contributed by atoms with Gasteiger partial charge in [-0.05, 0) is 37.1 Å². The molecule has 0 radical (unpaired) electrons. The maximum atomic E-state index is 13.2. The van der Waals surface area contributed by atoms with E-state index in [4.69, 9.17) is 11.6 Å². The van der Waals surface area contributed by atoms with Gasteiger partial charge < -0.3 is 5.32 Å². The van der Waals surface area contributed by atoms with Crippen molar-refractivity contribution in [2.45, 2.75) is 25.4 Å².